The topological polar surface area (TPSA) is 61.9 Å². The molecule has 3 aromatic rings. The van der Waals surface area contributed by atoms with Crippen molar-refractivity contribution in [2.75, 3.05) is 45.9 Å². The second-order valence-corrected chi connectivity index (χ2v) is 8.15. The fraction of sp³-hybridized carbons (Fsp3) is 0.280. The maximum absolute atomic E-state index is 12.5. The summed E-state index contributed by atoms with van der Waals surface area (Å²) in [4.78, 5) is 29.1. The Kier molecular flexibility index (Phi) is 7.24. The molecule has 4 rings (SSSR count). The van der Waals surface area contributed by atoms with Crippen LogP contribution in [0.2, 0.25) is 5.02 Å². The van der Waals surface area contributed by atoms with Crippen molar-refractivity contribution in [3.05, 3.63) is 77.3 Å². The fourth-order valence-electron chi connectivity index (χ4n) is 3.77. The van der Waals surface area contributed by atoms with Crippen molar-refractivity contribution in [2.24, 2.45) is 0 Å². The zero-order chi connectivity index (χ0) is 22.3. The van der Waals surface area contributed by atoms with Gasteiger partial charge in [0.25, 0.3) is 5.91 Å². The number of nitrogens with zero attached hydrogens (tertiary/aromatic N) is 2. The number of benzene rings is 3. The van der Waals surface area contributed by atoms with E-state index < -0.39 is 0 Å². The van der Waals surface area contributed by atoms with Crippen molar-refractivity contribution in [1.82, 2.24) is 15.1 Å². The highest BCUT2D eigenvalue weighted by Crippen LogP contribution is 2.23. The Balaban J connectivity index is 1.19. The number of para-hydroxylation sites is 1. The molecule has 7 heteroatoms. The van der Waals surface area contributed by atoms with Crippen LogP contribution in [0.3, 0.4) is 0 Å². The van der Waals surface area contributed by atoms with Crippen molar-refractivity contribution in [2.45, 2.75) is 0 Å². The van der Waals surface area contributed by atoms with Gasteiger partial charge in [-0.05, 0) is 35.0 Å². The van der Waals surface area contributed by atoms with E-state index in [2.05, 4.69) is 10.2 Å². The van der Waals surface area contributed by atoms with Crippen LogP contribution in [0.15, 0.2) is 66.7 Å². The Hall–Kier alpha value is -3.09. The van der Waals surface area contributed by atoms with E-state index in [1.165, 1.54) is 0 Å². The third kappa shape index (κ3) is 5.58. The largest absolute Gasteiger partial charge is 0.491 e. The lowest BCUT2D eigenvalue weighted by Gasteiger charge is -2.34. The van der Waals surface area contributed by atoms with Gasteiger partial charge < -0.3 is 15.0 Å². The number of amides is 2. The molecule has 1 aliphatic rings. The molecule has 3 aromatic carbocycles. The van der Waals surface area contributed by atoms with E-state index >= 15 is 0 Å². The van der Waals surface area contributed by atoms with E-state index in [0.717, 1.165) is 30.4 Å². The minimum absolute atomic E-state index is 0.00127. The lowest BCUT2D eigenvalue weighted by molar-refractivity contribution is -0.131. The van der Waals surface area contributed by atoms with Crippen LogP contribution in [0, 0.1) is 0 Å². The SMILES string of the molecule is O=C(NCC(=O)N1CCN(CCOc2ccccc2Cl)CC1)c1ccc2ccccc2c1. The van der Waals surface area contributed by atoms with Crippen molar-refractivity contribution in [1.29, 1.82) is 0 Å². The second-order valence-electron chi connectivity index (χ2n) is 7.75. The van der Waals surface area contributed by atoms with E-state index in [9.17, 15) is 9.59 Å². The van der Waals surface area contributed by atoms with E-state index in [0.29, 0.717) is 36.0 Å². The number of rotatable bonds is 7. The Morgan fingerprint density at radius 2 is 1.62 bits per heavy atom. The fourth-order valence-corrected chi connectivity index (χ4v) is 3.96. The molecule has 1 N–H and O–H groups in total. The highest BCUT2D eigenvalue weighted by molar-refractivity contribution is 6.32. The van der Waals surface area contributed by atoms with E-state index in [1.807, 2.05) is 54.6 Å². The van der Waals surface area contributed by atoms with E-state index in [4.69, 9.17) is 16.3 Å². The quantitative estimate of drug-likeness (QED) is 0.597. The number of carbonyl (C=O) groups excluding carboxylic acids is 2. The van der Waals surface area contributed by atoms with Crippen molar-refractivity contribution >= 4 is 34.2 Å². The number of halogens is 1. The maximum atomic E-state index is 12.5. The number of carbonyl (C=O) groups is 2. The highest BCUT2D eigenvalue weighted by Gasteiger charge is 2.21. The van der Waals surface area contributed by atoms with Gasteiger partial charge in [-0.2, -0.15) is 0 Å². The number of ether oxygens (including phenoxy) is 1. The summed E-state index contributed by atoms with van der Waals surface area (Å²) in [5.41, 5.74) is 0.555. The summed E-state index contributed by atoms with van der Waals surface area (Å²) in [5.74, 6) is 0.385. The minimum Gasteiger partial charge on any atom is -0.491 e. The first-order chi connectivity index (χ1) is 15.6. The lowest BCUT2D eigenvalue weighted by atomic mass is 10.1. The first kappa shape index (κ1) is 22.1. The maximum Gasteiger partial charge on any atom is 0.251 e. The van der Waals surface area contributed by atoms with Crippen molar-refractivity contribution in [3.8, 4) is 5.75 Å². The van der Waals surface area contributed by atoms with Crippen LogP contribution in [0.25, 0.3) is 10.8 Å². The predicted molar refractivity (Wildman–Crippen MR) is 126 cm³/mol. The third-order valence-corrected chi connectivity index (χ3v) is 5.95. The van der Waals surface area contributed by atoms with Gasteiger partial charge in [0.2, 0.25) is 5.91 Å². The summed E-state index contributed by atoms with van der Waals surface area (Å²) in [7, 11) is 0. The summed E-state index contributed by atoms with van der Waals surface area (Å²) >= 11 is 6.10. The Morgan fingerprint density at radius 3 is 2.41 bits per heavy atom. The van der Waals surface area contributed by atoms with Crippen LogP contribution in [-0.4, -0.2) is 67.5 Å². The first-order valence-electron chi connectivity index (χ1n) is 10.7. The molecular formula is C25H26ClN3O3. The molecular weight excluding hydrogens is 426 g/mol. The molecule has 32 heavy (non-hydrogen) atoms. The molecule has 1 saturated heterocycles. The Morgan fingerprint density at radius 1 is 0.906 bits per heavy atom. The predicted octanol–water partition coefficient (Wildman–Crippen LogP) is 3.45. The number of fused-ring (bicyclic) bond motifs is 1. The highest BCUT2D eigenvalue weighted by atomic mass is 35.5. The molecule has 1 heterocycles. The molecule has 0 aliphatic carbocycles. The number of hydrogen-bond acceptors (Lipinski definition) is 4. The normalized spacial score (nSPS) is 14.3. The smallest absolute Gasteiger partial charge is 0.251 e. The molecule has 0 aromatic heterocycles. The van der Waals surface area contributed by atoms with Crippen LogP contribution in [0.1, 0.15) is 10.4 Å². The average molecular weight is 452 g/mol. The third-order valence-electron chi connectivity index (χ3n) is 5.64. The Bertz CT molecular complexity index is 1100. The molecule has 166 valence electrons. The standard InChI is InChI=1S/C25H26ClN3O3/c26-22-7-3-4-8-23(22)32-16-15-28-11-13-29(14-12-28)24(30)18-27-25(31)21-10-9-19-5-1-2-6-20(19)17-21/h1-10,17H,11-16,18H2,(H,27,31). The molecule has 1 aliphatic heterocycles. The van der Waals surface area contributed by atoms with Gasteiger partial charge in [-0.25, -0.2) is 0 Å². The van der Waals surface area contributed by atoms with Gasteiger partial charge in [0.15, 0.2) is 0 Å². The summed E-state index contributed by atoms with van der Waals surface area (Å²) in [5, 5.41) is 5.44. The van der Waals surface area contributed by atoms with Crippen molar-refractivity contribution in [3.63, 3.8) is 0 Å². The Labute approximate surface area is 192 Å². The van der Waals surface area contributed by atoms with Crippen LogP contribution < -0.4 is 10.1 Å². The van der Waals surface area contributed by atoms with Crippen LogP contribution in [0.5, 0.6) is 5.75 Å². The summed E-state index contributed by atoms with van der Waals surface area (Å²) in [6, 6.07) is 20.8. The van der Waals surface area contributed by atoms with Gasteiger partial charge in [-0.1, -0.05) is 54.1 Å². The molecule has 1 fully saturated rings. The number of piperazine rings is 1. The van der Waals surface area contributed by atoms with E-state index in [-0.39, 0.29) is 18.4 Å². The molecule has 0 unspecified atom stereocenters. The molecule has 2 amide bonds. The van der Waals surface area contributed by atoms with E-state index in [1.54, 1.807) is 17.0 Å². The molecule has 0 spiro atoms. The van der Waals surface area contributed by atoms with Crippen LogP contribution >= 0.6 is 11.6 Å². The molecule has 0 atom stereocenters. The zero-order valence-electron chi connectivity index (χ0n) is 17.8. The van der Waals surface area contributed by atoms with Gasteiger partial charge in [-0.15, -0.1) is 0 Å². The zero-order valence-corrected chi connectivity index (χ0v) is 18.6. The molecule has 6 nitrogen and oxygen atoms in total. The lowest BCUT2D eigenvalue weighted by Crippen LogP contribution is -2.51. The van der Waals surface area contributed by atoms with Crippen LogP contribution in [0.4, 0.5) is 0 Å². The number of nitrogens with one attached hydrogen (secondary N) is 1. The van der Waals surface area contributed by atoms with Gasteiger partial charge >= 0.3 is 0 Å². The van der Waals surface area contributed by atoms with Gasteiger partial charge in [-0.3, -0.25) is 14.5 Å². The monoisotopic (exact) mass is 451 g/mol. The molecule has 0 bridgehead atoms. The minimum atomic E-state index is -0.237. The first-order valence-corrected chi connectivity index (χ1v) is 11.1. The summed E-state index contributed by atoms with van der Waals surface area (Å²) < 4.78 is 5.75. The average Bonchev–Trinajstić information content (AvgIpc) is 2.83. The number of hydrogen-bond donors (Lipinski definition) is 1. The summed E-state index contributed by atoms with van der Waals surface area (Å²) in [6.07, 6.45) is 0. The van der Waals surface area contributed by atoms with Gasteiger partial charge in [0.1, 0.15) is 12.4 Å². The molecule has 0 radical (unpaired) electrons. The molecule has 0 saturated carbocycles. The van der Waals surface area contributed by atoms with Gasteiger partial charge in [0.05, 0.1) is 11.6 Å². The summed E-state index contributed by atoms with van der Waals surface area (Å²) in [6.45, 7) is 4.13. The van der Waals surface area contributed by atoms with Crippen molar-refractivity contribution < 1.29 is 14.3 Å². The second kappa shape index (κ2) is 10.5. The van der Waals surface area contributed by atoms with Gasteiger partial charge in [0, 0.05) is 38.3 Å². The van der Waals surface area contributed by atoms with Crippen LogP contribution in [-0.2, 0) is 4.79 Å².